The molecule has 0 heterocycles. The minimum Gasteiger partial charge on any atom is -0.481 e. The largest absolute Gasteiger partial charge is 0.481 e. The van der Waals surface area contributed by atoms with Crippen molar-refractivity contribution >= 4 is 23.9 Å². The van der Waals surface area contributed by atoms with E-state index in [1.165, 1.54) is 6.92 Å². The number of carbonyl (C=O) groups is 4. The van der Waals surface area contributed by atoms with Crippen molar-refractivity contribution < 1.29 is 44.7 Å². The van der Waals surface area contributed by atoms with E-state index in [1.54, 1.807) is 0 Å². The second-order valence-electron chi connectivity index (χ2n) is 3.75. The SMILES string of the molecule is CC(O)C(N)C(=O)O.NC(CC(=O)O)C(=O)O.NCC(=O)O. The second-order valence-corrected chi connectivity index (χ2v) is 3.75. The number of hydrogen-bond donors (Lipinski definition) is 8. The van der Waals surface area contributed by atoms with Crippen LogP contribution >= 0.6 is 0 Å². The van der Waals surface area contributed by atoms with Crippen LogP contribution in [0.15, 0.2) is 0 Å². The third kappa shape index (κ3) is 20.0. The van der Waals surface area contributed by atoms with Crippen LogP contribution in [0.5, 0.6) is 0 Å². The Labute approximate surface area is 125 Å². The third-order valence-corrected chi connectivity index (χ3v) is 1.69. The lowest BCUT2D eigenvalue weighted by Gasteiger charge is -2.06. The predicted molar refractivity (Wildman–Crippen MR) is 71.8 cm³/mol. The summed E-state index contributed by atoms with van der Waals surface area (Å²) in [5, 5.41) is 40.2. The molecular formula is C10H21N3O9. The van der Waals surface area contributed by atoms with Gasteiger partial charge in [0, 0.05) is 0 Å². The van der Waals surface area contributed by atoms with E-state index in [0.29, 0.717) is 0 Å². The van der Waals surface area contributed by atoms with E-state index in [4.69, 9.17) is 37.0 Å². The number of nitrogens with two attached hydrogens (primary N) is 3. The smallest absolute Gasteiger partial charge is 0.323 e. The van der Waals surface area contributed by atoms with Crippen molar-refractivity contribution in [2.75, 3.05) is 6.54 Å². The van der Waals surface area contributed by atoms with Gasteiger partial charge in [-0.3, -0.25) is 19.2 Å². The molecule has 130 valence electrons. The molecule has 12 nitrogen and oxygen atoms in total. The van der Waals surface area contributed by atoms with Gasteiger partial charge in [0.1, 0.15) is 12.1 Å². The van der Waals surface area contributed by atoms with Gasteiger partial charge >= 0.3 is 23.9 Å². The Bertz CT molecular complexity index is 373. The van der Waals surface area contributed by atoms with Crippen molar-refractivity contribution in [1.29, 1.82) is 0 Å². The van der Waals surface area contributed by atoms with Crippen molar-refractivity contribution in [3.05, 3.63) is 0 Å². The number of aliphatic hydroxyl groups is 1. The van der Waals surface area contributed by atoms with Crippen LogP contribution in [-0.4, -0.2) is 74.1 Å². The minimum atomic E-state index is -1.29. The van der Waals surface area contributed by atoms with Gasteiger partial charge in [0.15, 0.2) is 0 Å². The van der Waals surface area contributed by atoms with Gasteiger partial charge in [-0.15, -0.1) is 0 Å². The van der Waals surface area contributed by atoms with E-state index in [-0.39, 0.29) is 6.54 Å². The third-order valence-electron chi connectivity index (χ3n) is 1.69. The molecule has 0 aromatic heterocycles. The molecule has 12 heteroatoms. The molecule has 0 rings (SSSR count). The zero-order chi connectivity index (χ0) is 18.5. The van der Waals surface area contributed by atoms with Gasteiger partial charge in [-0.1, -0.05) is 0 Å². The van der Waals surface area contributed by atoms with Crippen LogP contribution < -0.4 is 17.2 Å². The molecule has 0 radical (unpaired) electrons. The van der Waals surface area contributed by atoms with Crippen molar-refractivity contribution in [1.82, 2.24) is 0 Å². The number of aliphatic hydroxyl groups excluding tert-OH is 1. The maximum Gasteiger partial charge on any atom is 0.323 e. The number of carboxylic acids is 4. The second kappa shape index (κ2) is 13.7. The lowest BCUT2D eigenvalue weighted by molar-refractivity contribution is -0.144. The van der Waals surface area contributed by atoms with E-state index in [2.05, 4.69) is 5.73 Å². The first kappa shape index (κ1) is 24.7. The van der Waals surface area contributed by atoms with E-state index in [0.717, 1.165) is 0 Å². The van der Waals surface area contributed by atoms with E-state index in [9.17, 15) is 19.2 Å². The monoisotopic (exact) mass is 327 g/mol. The Hall–Kier alpha value is -2.28. The molecule has 0 bridgehead atoms. The fourth-order valence-corrected chi connectivity index (χ4v) is 0.482. The van der Waals surface area contributed by atoms with Crippen molar-refractivity contribution in [3.8, 4) is 0 Å². The fourth-order valence-electron chi connectivity index (χ4n) is 0.482. The fraction of sp³-hybridized carbons (Fsp3) is 0.600. The predicted octanol–water partition coefficient (Wildman–Crippen LogP) is -3.32. The highest BCUT2D eigenvalue weighted by Crippen LogP contribution is 1.86. The van der Waals surface area contributed by atoms with Gasteiger partial charge in [0.05, 0.1) is 19.1 Å². The zero-order valence-corrected chi connectivity index (χ0v) is 11.7. The molecule has 0 aromatic carbocycles. The van der Waals surface area contributed by atoms with Crippen LogP contribution in [0.2, 0.25) is 0 Å². The standard InChI is InChI=1S/C4H7NO4.C4H9NO3.C2H5NO2/c5-2(4(8)9)1-3(6)7;1-2(6)3(5)4(7)8;3-1-2(4)5/h2H,1,5H2,(H,6,7)(H,8,9);2-3,6H,5H2,1H3,(H,7,8);1,3H2,(H,4,5). The molecule has 3 unspecified atom stereocenters. The summed E-state index contributed by atoms with van der Waals surface area (Å²) < 4.78 is 0. The topological polar surface area (TPSA) is 247 Å². The van der Waals surface area contributed by atoms with E-state index >= 15 is 0 Å². The Morgan fingerprint density at radius 3 is 1.32 bits per heavy atom. The molecule has 0 fully saturated rings. The van der Waals surface area contributed by atoms with Crippen LogP contribution in [0.25, 0.3) is 0 Å². The molecule has 11 N–H and O–H groups in total. The first-order valence-corrected chi connectivity index (χ1v) is 5.65. The maximum absolute atomic E-state index is 9.86. The van der Waals surface area contributed by atoms with Gasteiger partial charge in [0.2, 0.25) is 0 Å². The van der Waals surface area contributed by atoms with Crippen molar-refractivity contribution in [2.45, 2.75) is 31.5 Å². The van der Waals surface area contributed by atoms with Gasteiger partial charge < -0.3 is 42.7 Å². The minimum absolute atomic E-state index is 0.278. The lowest BCUT2D eigenvalue weighted by atomic mass is 10.2. The highest BCUT2D eigenvalue weighted by atomic mass is 16.4. The number of carboxylic acid groups (broad SMARTS) is 4. The molecule has 3 atom stereocenters. The van der Waals surface area contributed by atoms with Crippen LogP contribution in [0.1, 0.15) is 13.3 Å². The van der Waals surface area contributed by atoms with Crippen molar-refractivity contribution in [2.24, 2.45) is 17.2 Å². The zero-order valence-electron chi connectivity index (χ0n) is 11.7. The Morgan fingerprint density at radius 1 is 0.909 bits per heavy atom. The molecular weight excluding hydrogens is 306 g/mol. The van der Waals surface area contributed by atoms with Gasteiger partial charge in [-0.25, -0.2) is 0 Å². The van der Waals surface area contributed by atoms with E-state index < -0.39 is 48.5 Å². The first-order valence-electron chi connectivity index (χ1n) is 5.65. The Kier molecular flexibility index (Phi) is 15.4. The summed E-state index contributed by atoms with van der Waals surface area (Å²) in [6.45, 7) is 1.05. The summed E-state index contributed by atoms with van der Waals surface area (Å²) >= 11 is 0. The number of aliphatic carboxylic acids is 4. The van der Waals surface area contributed by atoms with E-state index in [1.807, 2.05) is 0 Å². The normalized spacial score (nSPS) is 13.1. The summed E-state index contributed by atoms with van der Waals surface area (Å²) in [4.78, 5) is 38.7. The molecule has 22 heavy (non-hydrogen) atoms. The molecule has 0 aliphatic carbocycles. The molecule has 0 aromatic rings. The molecule has 0 spiro atoms. The molecule has 0 aliphatic rings. The number of rotatable bonds is 6. The highest BCUT2D eigenvalue weighted by Gasteiger charge is 2.16. The molecule has 0 amide bonds. The average molecular weight is 327 g/mol. The highest BCUT2D eigenvalue weighted by molar-refractivity contribution is 5.80. The summed E-state index contributed by atoms with van der Waals surface area (Å²) in [6.07, 6.45) is -1.51. The van der Waals surface area contributed by atoms with Crippen LogP contribution in [0, 0.1) is 0 Å². The molecule has 0 saturated heterocycles. The number of hydrogen-bond acceptors (Lipinski definition) is 8. The van der Waals surface area contributed by atoms with Crippen LogP contribution in [-0.2, 0) is 19.2 Å². The Morgan fingerprint density at radius 2 is 1.27 bits per heavy atom. The van der Waals surface area contributed by atoms with Crippen molar-refractivity contribution in [3.63, 3.8) is 0 Å². The Balaban J connectivity index is -0.000000257. The van der Waals surface area contributed by atoms with Gasteiger partial charge in [-0.2, -0.15) is 0 Å². The maximum atomic E-state index is 9.86. The van der Waals surface area contributed by atoms with Gasteiger partial charge in [0.25, 0.3) is 0 Å². The molecule has 0 aliphatic heterocycles. The molecule has 0 saturated carbocycles. The van der Waals surface area contributed by atoms with Gasteiger partial charge in [-0.05, 0) is 6.92 Å². The summed E-state index contributed by atoms with van der Waals surface area (Å²) in [5.41, 5.74) is 14.3. The summed E-state index contributed by atoms with van der Waals surface area (Å²) in [5.74, 6) is -4.65. The quantitative estimate of drug-likeness (QED) is 0.238. The summed E-state index contributed by atoms with van der Waals surface area (Å²) in [7, 11) is 0. The summed E-state index contributed by atoms with van der Waals surface area (Å²) in [6, 6.07) is -2.45. The van der Waals surface area contributed by atoms with Crippen LogP contribution in [0.4, 0.5) is 0 Å². The lowest BCUT2D eigenvalue weighted by Crippen LogP contribution is -2.39. The average Bonchev–Trinajstić information content (AvgIpc) is 2.37. The first-order chi connectivity index (χ1) is 9.86. The van der Waals surface area contributed by atoms with Crippen LogP contribution in [0.3, 0.4) is 0 Å².